The molecule has 1 N–H and O–H groups in total. The number of aromatic amines is 1. The van der Waals surface area contributed by atoms with Gasteiger partial charge in [0.25, 0.3) is 5.91 Å². The normalized spacial score (nSPS) is 30.8. The van der Waals surface area contributed by atoms with E-state index in [9.17, 15) is 4.79 Å². The summed E-state index contributed by atoms with van der Waals surface area (Å²) in [6, 6.07) is 3.50. The lowest BCUT2D eigenvalue weighted by atomic mass is 10.0. The average Bonchev–Trinajstić information content (AvgIpc) is 3.04. The van der Waals surface area contributed by atoms with Crippen molar-refractivity contribution >= 4 is 17.5 Å². The van der Waals surface area contributed by atoms with Crippen LogP contribution in [0.4, 0.5) is 0 Å². The fourth-order valence-corrected chi connectivity index (χ4v) is 4.14. The van der Waals surface area contributed by atoms with Crippen LogP contribution < -0.4 is 0 Å². The number of carbonyl (C=O) groups is 1. The highest BCUT2D eigenvalue weighted by molar-refractivity contribution is 6.30. The van der Waals surface area contributed by atoms with Crippen molar-refractivity contribution in [2.75, 3.05) is 13.1 Å². The van der Waals surface area contributed by atoms with Gasteiger partial charge >= 0.3 is 0 Å². The Morgan fingerprint density at radius 3 is 2.62 bits per heavy atom. The molecular formula is C16H24ClN3O. The maximum absolute atomic E-state index is 12.6. The second-order valence-corrected chi connectivity index (χ2v) is 6.94. The Morgan fingerprint density at radius 1 is 1.29 bits per heavy atom. The van der Waals surface area contributed by atoms with E-state index in [0.717, 1.165) is 19.5 Å². The fourth-order valence-electron chi connectivity index (χ4n) is 3.98. The highest BCUT2D eigenvalue weighted by Crippen LogP contribution is 2.30. The minimum atomic E-state index is 0.0751. The van der Waals surface area contributed by atoms with E-state index in [1.165, 1.54) is 19.3 Å². The summed E-state index contributed by atoms with van der Waals surface area (Å²) in [5.74, 6) is 0.0751. The fraction of sp³-hybridized carbons (Fsp3) is 0.688. The van der Waals surface area contributed by atoms with Crippen molar-refractivity contribution in [2.45, 2.75) is 57.7 Å². The number of hydrogen-bond acceptors (Lipinski definition) is 2. The number of hydrogen-bond donors (Lipinski definition) is 1. The van der Waals surface area contributed by atoms with E-state index < -0.39 is 0 Å². The molecule has 1 aromatic heterocycles. The molecule has 0 aliphatic carbocycles. The Hall–Kier alpha value is -1.00. The number of aromatic nitrogens is 1. The molecule has 2 saturated heterocycles. The number of carbonyl (C=O) groups excluding carboxylic acids is 1. The first-order valence-corrected chi connectivity index (χ1v) is 8.34. The first kappa shape index (κ1) is 14.9. The summed E-state index contributed by atoms with van der Waals surface area (Å²) in [5.41, 5.74) is 0.600. The molecule has 3 heterocycles. The van der Waals surface area contributed by atoms with Gasteiger partial charge in [0.15, 0.2) is 0 Å². The Morgan fingerprint density at radius 2 is 2.00 bits per heavy atom. The molecule has 21 heavy (non-hydrogen) atoms. The molecular weight excluding hydrogens is 286 g/mol. The molecule has 0 bridgehead atoms. The van der Waals surface area contributed by atoms with Gasteiger partial charge in [-0.3, -0.25) is 9.69 Å². The Balaban J connectivity index is 1.69. The van der Waals surface area contributed by atoms with Crippen LogP contribution in [-0.2, 0) is 0 Å². The van der Waals surface area contributed by atoms with E-state index in [4.69, 9.17) is 11.6 Å². The number of rotatable bonds is 2. The Labute approximate surface area is 131 Å². The van der Waals surface area contributed by atoms with Gasteiger partial charge in [-0.05, 0) is 45.6 Å². The van der Waals surface area contributed by atoms with Crippen molar-refractivity contribution < 1.29 is 4.79 Å². The summed E-state index contributed by atoms with van der Waals surface area (Å²) in [7, 11) is 0. The topological polar surface area (TPSA) is 39.3 Å². The van der Waals surface area contributed by atoms with E-state index in [2.05, 4.69) is 23.7 Å². The Bertz CT molecular complexity index is 505. The minimum absolute atomic E-state index is 0.0751. The number of halogens is 1. The van der Waals surface area contributed by atoms with Crippen LogP contribution in [0.3, 0.4) is 0 Å². The molecule has 5 heteroatoms. The number of nitrogens with zero attached hydrogens (tertiary/aromatic N) is 2. The summed E-state index contributed by atoms with van der Waals surface area (Å²) >= 11 is 5.90. The van der Waals surface area contributed by atoms with Crippen LogP contribution in [-0.4, -0.2) is 51.9 Å². The molecule has 0 aromatic carbocycles. The third-order valence-corrected chi connectivity index (χ3v) is 5.22. The van der Waals surface area contributed by atoms with Gasteiger partial charge in [0.2, 0.25) is 0 Å². The van der Waals surface area contributed by atoms with E-state index in [0.29, 0.717) is 28.8 Å². The van der Waals surface area contributed by atoms with Crippen LogP contribution >= 0.6 is 11.6 Å². The van der Waals surface area contributed by atoms with E-state index in [1.54, 1.807) is 12.3 Å². The molecule has 3 rings (SSSR count). The van der Waals surface area contributed by atoms with Gasteiger partial charge in [-0.1, -0.05) is 11.6 Å². The second kappa shape index (κ2) is 6.01. The van der Waals surface area contributed by atoms with Gasteiger partial charge in [-0.2, -0.15) is 0 Å². The molecule has 2 aliphatic heterocycles. The third kappa shape index (κ3) is 2.97. The predicted octanol–water partition coefficient (Wildman–Crippen LogP) is 3.15. The molecule has 2 fully saturated rings. The predicted molar refractivity (Wildman–Crippen MR) is 84.7 cm³/mol. The van der Waals surface area contributed by atoms with Gasteiger partial charge in [0.1, 0.15) is 5.69 Å². The van der Waals surface area contributed by atoms with Crippen LogP contribution in [0, 0.1) is 0 Å². The van der Waals surface area contributed by atoms with Crippen molar-refractivity contribution in [1.82, 2.24) is 14.8 Å². The first-order valence-electron chi connectivity index (χ1n) is 7.97. The Kier molecular flexibility index (Phi) is 4.27. The standard InChI is InChI=1S/C16H24ClN3O/c1-11-5-6-12(2)20(11)14-4-3-7-19(10-14)16(21)15-8-13(17)9-18-15/h8-9,11-12,14,18H,3-7,10H2,1-2H3/t11-,12-,14-/m1/s1. The van der Waals surface area contributed by atoms with Crippen molar-refractivity contribution in [3.63, 3.8) is 0 Å². The monoisotopic (exact) mass is 309 g/mol. The summed E-state index contributed by atoms with van der Waals surface area (Å²) in [5, 5.41) is 0.591. The smallest absolute Gasteiger partial charge is 0.270 e. The van der Waals surface area contributed by atoms with Crippen LogP contribution in [0.2, 0.25) is 5.02 Å². The molecule has 0 spiro atoms. The van der Waals surface area contributed by atoms with Gasteiger partial charge in [0.05, 0.1) is 5.02 Å². The van der Waals surface area contributed by atoms with E-state index in [-0.39, 0.29) is 5.91 Å². The van der Waals surface area contributed by atoms with Crippen molar-refractivity contribution in [3.8, 4) is 0 Å². The quantitative estimate of drug-likeness (QED) is 0.911. The van der Waals surface area contributed by atoms with Crippen LogP contribution in [0.25, 0.3) is 0 Å². The molecule has 0 unspecified atom stereocenters. The minimum Gasteiger partial charge on any atom is -0.356 e. The molecule has 4 nitrogen and oxygen atoms in total. The molecule has 1 amide bonds. The largest absolute Gasteiger partial charge is 0.356 e. The lowest BCUT2D eigenvalue weighted by Gasteiger charge is -2.41. The number of piperidine rings is 1. The van der Waals surface area contributed by atoms with Gasteiger partial charge < -0.3 is 9.88 Å². The summed E-state index contributed by atoms with van der Waals surface area (Å²) < 4.78 is 0. The number of likely N-dealkylation sites (tertiary alicyclic amines) is 2. The molecule has 0 saturated carbocycles. The number of amides is 1. The zero-order valence-electron chi connectivity index (χ0n) is 12.8. The number of nitrogens with one attached hydrogen (secondary N) is 1. The maximum atomic E-state index is 12.6. The van der Waals surface area contributed by atoms with Crippen molar-refractivity contribution in [2.24, 2.45) is 0 Å². The highest BCUT2D eigenvalue weighted by Gasteiger charge is 2.36. The lowest BCUT2D eigenvalue weighted by Crippen LogP contribution is -2.52. The maximum Gasteiger partial charge on any atom is 0.270 e. The van der Waals surface area contributed by atoms with Gasteiger partial charge in [-0.25, -0.2) is 0 Å². The molecule has 116 valence electrons. The van der Waals surface area contributed by atoms with Crippen LogP contribution in [0.15, 0.2) is 12.3 Å². The molecule has 3 atom stereocenters. The third-order valence-electron chi connectivity index (χ3n) is 5.00. The van der Waals surface area contributed by atoms with Crippen LogP contribution in [0.5, 0.6) is 0 Å². The molecule has 1 aromatic rings. The van der Waals surface area contributed by atoms with Crippen LogP contribution in [0.1, 0.15) is 50.0 Å². The second-order valence-electron chi connectivity index (χ2n) is 6.50. The zero-order chi connectivity index (χ0) is 15.0. The summed E-state index contributed by atoms with van der Waals surface area (Å²) in [4.78, 5) is 20.1. The summed E-state index contributed by atoms with van der Waals surface area (Å²) in [6.07, 6.45) is 6.50. The molecule has 2 aliphatic rings. The zero-order valence-corrected chi connectivity index (χ0v) is 13.6. The van der Waals surface area contributed by atoms with E-state index >= 15 is 0 Å². The molecule has 0 radical (unpaired) electrons. The van der Waals surface area contributed by atoms with Gasteiger partial charge in [-0.15, -0.1) is 0 Å². The number of H-pyrrole nitrogens is 1. The first-order chi connectivity index (χ1) is 10.1. The lowest BCUT2D eigenvalue weighted by molar-refractivity contribution is 0.0483. The summed E-state index contributed by atoms with van der Waals surface area (Å²) in [6.45, 7) is 6.32. The van der Waals surface area contributed by atoms with Crippen molar-refractivity contribution in [3.05, 3.63) is 23.0 Å². The SMILES string of the molecule is C[C@@H]1CC[C@@H](C)N1[C@@H]1CCCN(C(=O)c2cc(Cl)c[nH]2)C1. The van der Waals surface area contributed by atoms with E-state index in [1.807, 2.05) is 4.90 Å². The highest BCUT2D eigenvalue weighted by atomic mass is 35.5. The van der Waals surface area contributed by atoms with Crippen molar-refractivity contribution in [1.29, 1.82) is 0 Å². The average molecular weight is 310 g/mol. The van der Waals surface area contributed by atoms with Gasteiger partial charge in [0, 0.05) is 37.4 Å².